The molecule has 0 bridgehead atoms. The number of ether oxygens (including phenoxy) is 1. The first-order valence-electron chi connectivity index (χ1n) is 5.85. The standard InChI is InChI=1S/C14H16O3/c1-12(11(15)16)8-13(12)9-14(13,17-2)10-6-4-3-5-7-10/h3-7H,8-9H2,1-2H3,(H,15,16)/p-1/t12-,13-,14-/m0/s1. The molecule has 2 aliphatic rings. The average molecular weight is 231 g/mol. The van der Waals surface area contributed by atoms with E-state index >= 15 is 0 Å². The minimum Gasteiger partial charge on any atom is -0.550 e. The second-order valence-corrected chi connectivity index (χ2v) is 5.45. The van der Waals surface area contributed by atoms with E-state index in [9.17, 15) is 9.90 Å². The van der Waals surface area contributed by atoms with Gasteiger partial charge < -0.3 is 14.6 Å². The van der Waals surface area contributed by atoms with Gasteiger partial charge in [0.05, 0.1) is 0 Å². The molecule has 3 rings (SSSR count). The lowest BCUT2D eigenvalue weighted by molar-refractivity contribution is -0.314. The molecule has 0 radical (unpaired) electrons. The number of carboxylic acids is 1. The number of hydrogen-bond acceptors (Lipinski definition) is 3. The molecule has 0 amide bonds. The Morgan fingerprint density at radius 3 is 2.41 bits per heavy atom. The maximum atomic E-state index is 11.2. The molecule has 2 saturated carbocycles. The van der Waals surface area contributed by atoms with Crippen LogP contribution in [0.5, 0.6) is 0 Å². The number of carbonyl (C=O) groups excluding carboxylic acids is 1. The summed E-state index contributed by atoms with van der Waals surface area (Å²) < 4.78 is 5.67. The topological polar surface area (TPSA) is 49.4 Å². The van der Waals surface area contributed by atoms with Crippen LogP contribution in [0.3, 0.4) is 0 Å². The van der Waals surface area contributed by atoms with Crippen LogP contribution in [0, 0.1) is 10.8 Å². The van der Waals surface area contributed by atoms with Crippen LogP contribution in [-0.2, 0) is 15.1 Å². The number of methoxy groups -OCH3 is 1. The molecule has 2 fully saturated rings. The maximum Gasteiger partial charge on any atom is 0.100 e. The summed E-state index contributed by atoms with van der Waals surface area (Å²) in [6, 6.07) is 9.88. The Labute approximate surface area is 100 Å². The summed E-state index contributed by atoms with van der Waals surface area (Å²) in [5.41, 5.74) is -0.302. The highest BCUT2D eigenvalue weighted by Crippen LogP contribution is 2.87. The molecule has 3 heteroatoms. The highest BCUT2D eigenvalue weighted by atomic mass is 16.5. The third-order valence-corrected chi connectivity index (χ3v) is 4.82. The predicted molar refractivity (Wildman–Crippen MR) is 59.9 cm³/mol. The molecule has 1 aromatic carbocycles. The van der Waals surface area contributed by atoms with Gasteiger partial charge in [0, 0.05) is 23.9 Å². The number of carboxylic acid groups (broad SMARTS) is 1. The van der Waals surface area contributed by atoms with E-state index in [-0.39, 0.29) is 5.41 Å². The zero-order valence-corrected chi connectivity index (χ0v) is 10.0. The normalized spacial score (nSPS) is 42.5. The van der Waals surface area contributed by atoms with Crippen molar-refractivity contribution in [2.75, 3.05) is 7.11 Å². The van der Waals surface area contributed by atoms with Gasteiger partial charge in [-0.15, -0.1) is 0 Å². The van der Waals surface area contributed by atoms with Crippen LogP contribution < -0.4 is 5.11 Å². The third kappa shape index (κ3) is 1.03. The predicted octanol–water partition coefficient (Wildman–Crippen LogP) is 1.08. The molecule has 1 spiro atoms. The molecule has 0 aromatic heterocycles. The van der Waals surface area contributed by atoms with E-state index in [2.05, 4.69) is 0 Å². The molecule has 2 aliphatic carbocycles. The van der Waals surface area contributed by atoms with E-state index in [1.54, 1.807) is 14.0 Å². The van der Waals surface area contributed by atoms with Crippen LogP contribution in [0.1, 0.15) is 25.3 Å². The molecule has 17 heavy (non-hydrogen) atoms. The van der Waals surface area contributed by atoms with E-state index in [4.69, 9.17) is 4.74 Å². The Kier molecular flexibility index (Phi) is 1.84. The number of hydrogen-bond donors (Lipinski definition) is 0. The summed E-state index contributed by atoms with van der Waals surface area (Å²) in [4.78, 5) is 11.2. The third-order valence-electron chi connectivity index (χ3n) is 4.82. The molecule has 0 heterocycles. The first-order valence-corrected chi connectivity index (χ1v) is 5.85. The van der Waals surface area contributed by atoms with Crippen LogP contribution in [-0.4, -0.2) is 13.1 Å². The molecular formula is C14H15O3-. The van der Waals surface area contributed by atoms with Gasteiger partial charge in [-0.1, -0.05) is 37.3 Å². The van der Waals surface area contributed by atoms with Gasteiger partial charge in [-0.25, -0.2) is 0 Å². The fourth-order valence-electron chi connectivity index (χ4n) is 3.52. The summed E-state index contributed by atoms with van der Waals surface area (Å²) in [6.07, 6.45) is 1.44. The Bertz CT molecular complexity index is 484. The molecule has 3 nitrogen and oxygen atoms in total. The number of aliphatic carboxylic acids is 1. The fourth-order valence-corrected chi connectivity index (χ4v) is 3.52. The first-order chi connectivity index (χ1) is 8.02. The minimum absolute atomic E-state index is 0.241. The summed E-state index contributed by atoms with van der Waals surface area (Å²) in [7, 11) is 1.66. The van der Waals surface area contributed by atoms with Crippen LogP contribution in [0.4, 0.5) is 0 Å². The van der Waals surface area contributed by atoms with Crippen LogP contribution in [0.15, 0.2) is 30.3 Å². The average Bonchev–Trinajstić information content (AvgIpc) is 3.18. The van der Waals surface area contributed by atoms with Crippen molar-refractivity contribution in [1.29, 1.82) is 0 Å². The summed E-state index contributed by atoms with van der Waals surface area (Å²) in [5.74, 6) is -0.952. The lowest BCUT2D eigenvalue weighted by atomic mass is 9.98. The van der Waals surface area contributed by atoms with Crippen molar-refractivity contribution in [2.45, 2.75) is 25.4 Å². The molecule has 0 aliphatic heterocycles. The lowest BCUT2D eigenvalue weighted by Crippen LogP contribution is -2.34. The number of rotatable bonds is 3. The van der Waals surface area contributed by atoms with Gasteiger partial charge in [0.15, 0.2) is 0 Å². The zero-order valence-electron chi connectivity index (χ0n) is 10.0. The molecule has 90 valence electrons. The smallest absolute Gasteiger partial charge is 0.100 e. The lowest BCUT2D eigenvalue weighted by Gasteiger charge is -2.19. The van der Waals surface area contributed by atoms with Gasteiger partial charge in [-0.2, -0.15) is 0 Å². The van der Waals surface area contributed by atoms with Crippen molar-refractivity contribution in [3.05, 3.63) is 35.9 Å². The van der Waals surface area contributed by atoms with Crippen molar-refractivity contribution in [1.82, 2.24) is 0 Å². The zero-order chi connectivity index (χ0) is 12.3. The van der Waals surface area contributed by atoms with Crippen LogP contribution in [0.2, 0.25) is 0 Å². The molecule has 3 atom stereocenters. The van der Waals surface area contributed by atoms with Gasteiger partial charge >= 0.3 is 0 Å². The SMILES string of the molecule is CO[C@]1(c2ccccc2)C[C@]12C[C@@]2(C)C(=O)[O-]. The highest BCUT2D eigenvalue weighted by molar-refractivity contribution is 5.80. The van der Waals surface area contributed by atoms with Crippen LogP contribution in [0.25, 0.3) is 0 Å². The number of carbonyl (C=O) groups is 1. The van der Waals surface area contributed by atoms with E-state index in [0.29, 0.717) is 6.42 Å². The van der Waals surface area contributed by atoms with Gasteiger partial charge in [-0.3, -0.25) is 0 Å². The van der Waals surface area contributed by atoms with Gasteiger partial charge in [-0.05, 0) is 18.4 Å². The van der Waals surface area contributed by atoms with Crippen molar-refractivity contribution in [2.24, 2.45) is 10.8 Å². The van der Waals surface area contributed by atoms with Gasteiger partial charge in [0.1, 0.15) is 5.60 Å². The summed E-state index contributed by atoms with van der Waals surface area (Å²) >= 11 is 0. The van der Waals surface area contributed by atoms with Crippen LogP contribution >= 0.6 is 0 Å². The van der Waals surface area contributed by atoms with Crippen molar-refractivity contribution in [3.8, 4) is 0 Å². The molecular weight excluding hydrogens is 216 g/mol. The van der Waals surface area contributed by atoms with Gasteiger partial charge in [0.2, 0.25) is 0 Å². The van der Waals surface area contributed by atoms with E-state index in [1.807, 2.05) is 30.3 Å². The summed E-state index contributed by atoms with van der Waals surface area (Å²) in [5, 5.41) is 11.2. The van der Waals surface area contributed by atoms with Gasteiger partial charge in [0.25, 0.3) is 0 Å². The molecule has 0 unspecified atom stereocenters. The van der Waals surface area contributed by atoms with E-state index in [1.165, 1.54) is 0 Å². The first kappa shape index (κ1) is 10.8. The van der Waals surface area contributed by atoms with E-state index in [0.717, 1.165) is 12.0 Å². The quantitative estimate of drug-likeness (QED) is 0.782. The Morgan fingerprint density at radius 1 is 1.29 bits per heavy atom. The highest BCUT2D eigenvalue weighted by Gasteiger charge is 2.87. The Morgan fingerprint density at radius 2 is 1.94 bits per heavy atom. The molecule has 0 saturated heterocycles. The second kappa shape index (κ2) is 2.91. The second-order valence-electron chi connectivity index (χ2n) is 5.45. The maximum absolute atomic E-state index is 11.2. The fraction of sp³-hybridized carbons (Fsp3) is 0.500. The van der Waals surface area contributed by atoms with Crippen molar-refractivity contribution >= 4 is 5.97 Å². The minimum atomic E-state index is -0.952. The summed E-state index contributed by atoms with van der Waals surface area (Å²) in [6.45, 7) is 1.77. The molecule has 0 N–H and O–H groups in total. The number of benzene rings is 1. The van der Waals surface area contributed by atoms with Crippen molar-refractivity contribution < 1.29 is 14.6 Å². The Hall–Kier alpha value is -1.35. The monoisotopic (exact) mass is 231 g/mol. The molecule has 1 aromatic rings. The Balaban J connectivity index is 1.99. The van der Waals surface area contributed by atoms with E-state index < -0.39 is 17.0 Å². The van der Waals surface area contributed by atoms with Crippen molar-refractivity contribution in [3.63, 3.8) is 0 Å². The largest absolute Gasteiger partial charge is 0.550 e.